The van der Waals surface area contributed by atoms with Crippen LogP contribution in [0.4, 0.5) is 14.5 Å². The fraction of sp³-hybridized carbons (Fsp3) is 0.778. The minimum Gasteiger partial charge on any atom is -0.477 e. The van der Waals surface area contributed by atoms with E-state index < -0.39 is 11.9 Å². The van der Waals surface area contributed by atoms with Crippen LogP contribution < -0.4 is 15.0 Å². The summed E-state index contributed by atoms with van der Waals surface area (Å²) in [6.45, 7) is 9.83. The second kappa shape index (κ2) is 14.0. The lowest BCUT2D eigenvalue weighted by Gasteiger charge is -2.40. The Morgan fingerprint density at radius 1 is 1.11 bits per heavy atom. The van der Waals surface area contributed by atoms with Crippen molar-refractivity contribution in [3.05, 3.63) is 17.8 Å². The molecule has 2 heterocycles. The molecule has 0 aromatic carbocycles. The molecule has 0 radical (unpaired) electrons. The van der Waals surface area contributed by atoms with Gasteiger partial charge in [0.2, 0.25) is 5.88 Å². The first-order chi connectivity index (χ1) is 16.5. The Balaban J connectivity index is 0.000000260. The Labute approximate surface area is 209 Å². The van der Waals surface area contributed by atoms with Crippen LogP contribution in [0.2, 0.25) is 0 Å². The number of ether oxygens (including phenoxy) is 1. The molecule has 2 fully saturated rings. The van der Waals surface area contributed by atoms with Crippen LogP contribution in [0, 0.1) is 5.92 Å². The van der Waals surface area contributed by atoms with Crippen molar-refractivity contribution >= 4 is 11.7 Å². The number of carbonyl (C=O) groups is 1. The Bertz CT molecular complexity index is 771. The number of carboxylic acid groups (broad SMARTS) is 1. The molecule has 6 nitrogen and oxygen atoms in total. The summed E-state index contributed by atoms with van der Waals surface area (Å²) in [7, 11) is 0. The summed E-state index contributed by atoms with van der Waals surface area (Å²) in [5.74, 6) is -3.26. The van der Waals surface area contributed by atoms with Crippen molar-refractivity contribution in [3.8, 4) is 5.88 Å². The molecule has 1 aliphatic carbocycles. The molecule has 0 unspecified atom stereocenters. The van der Waals surface area contributed by atoms with Gasteiger partial charge in [-0.1, -0.05) is 51.9 Å². The zero-order chi connectivity index (χ0) is 25.9. The van der Waals surface area contributed by atoms with E-state index >= 15 is 0 Å². The monoisotopic (exact) mass is 497 g/mol. The minimum atomic E-state index is -2.70. The number of aromatic nitrogens is 1. The van der Waals surface area contributed by atoms with Gasteiger partial charge < -0.3 is 20.1 Å². The maximum Gasteiger partial charge on any atom is 0.354 e. The number of pyridine rings is 1. The van der Waals surface area contributed by atoms with Crippen molar-refractivity contribution < 1.29 is 23.4 Å². The average molecular weight is 498 g/mol. The van der Waals surface area contributed by atoms with Crippen LogP contribution in [0.3, 0.4) is 0 Å². The second-order valence-corrected chi connectivity index (χ2v) is 10.9. The number of hydrogen-bond donors (Lipinski definition) is 2. The molecule has 1 aliphatic heterocycles. The first-order valence-electron chi connectivity index (χ1n) is 13.3. The zero-order valence-corrected chi connectivity index (χ0v) is 22.0. The van der Waals surface area contributed by atoms with Crippen molar-refractivity contribution in [2.75, 3.05) is 31.1 Å². The van der Waals surface area contributed by atoms with Gasteiger partial charge in [-0.3, -0.25) is 0 Å². The first-order valence-corrected chi connectivity index (χ1v) is 13.3. The van der Waals surface area contributed by atoms with E-state index in [1.807, 2.05) is 0 Å². The highest BCUT2D eigenvalue weighted by molar-refractivity contribution is 5.86. The highest BCUT2D eigenvalue weighted by Gasteiger charge is 2.45. The number of halogens is 2. The molecule has 0 bridgehead atoms. The van der Waals surface area contributed by atoms with Crippen LogP contribution in [0.25, 0.3) is 0 Å². The molecular formula is C27H45F2N3O3. The van der Waals surface area contributed by atoms with Crippen LogP contribution in [0.1, 0.15) is 102 Å². The number of aromatic carboxylic acids is 1. The molecule has 0 atom stereocenters. The Kier molecular flexibility index (Phi) is 11.7. The summed E-state index contributed by atoms with van der Waals surface area (Å²) in [6.07, 6.45) is 13.4. The van der Waals surface area contributed by atoms with E-state index in [1.165, 1.54) is 74.9 Å². The maximum absolute atomic E-state index is 12.9. The Morgan fingerprint density at radius 2 is 1.71 bits per heavy atom. The number of nitrogens with one attached hydrogen (secondary N) is 1. The summed E-state index contributed by atoms with van der Waals surface area (Å²) >= 11 is 0. The molecule has 3 rings (SSSR count). The Morgan fingerprint density at radius 3 is 2.23 bits per heavy atom. The van der Waals surface area contributed by atoms with Crippen molar-refractivity contribution in [2.45, 2.75) is 103 Å². The predicted octanol–water partition coefficient (Wildman–Crippen LogP) is 6.54. The summed E-state index contributed by atoms with van der Waals surface area (Å²) in [5, 5.41) is 12.5. The standard InChI is InChI=1S/C14H31N.C13H14F2N2O3/c1-5-6-7-8-9-10-11-12-13-15-14(2,3)4;14-13(15)6-17(7-13)10-4-3-9(12(18)19)16-11(10)20-5-8-1-2-8/h15H,5-13H2,1-4H3;3-4,8H,1-2,5-7H2,(H,18,19). The summed E-state index contributed by atoms with van der Waals surface area (Å²) in [5.41, 5.74) is 0.578. The number of hydrogen-bond acceptors (Lipinski definition) is 5. The average Bonchev–Trinajstić information content (AvgIpc) is 3.59. The molecule has 1 saturated carbocycles. The number of rotatable bonds is 14. The van der Waals surface area contributed by atoms with Crippen LogP contribution in [-0.2, 0) is 0 Å². The van der Waals surface area contributed by atoms with Crippen LogP contribution in [0.5, 0.6) is 5.88 Å². The predicted molar refractivity (Wildman–Crippen MR) is 137 cm³/mol. The number of unbranched alkanes of at least 4 members (excludes halogenated alkanes) is 7. The van der Waals surface area contributed by atoms with Gasteiger partial charge in [0.05, 0.1) is 19.7 Å². The minimum absolute atomic E-state index is 0.132. The molecule has 8 heteroatoms. The van der Waals surface area contributed by atoms with Crippen LogP contribution in [0.15, 0.2) is 12.1 Å². The van der Waals surface area contributed by atoms with Gasteiger partial charge in [0.15, 0.2) is 5.69 Å². The van der Waals surface area contributed by atoms with E-state index in [0.29, 0.717) is 23.8 Å². The fourth-order valence-corrected chi connectivity index (χ4v) is 3.79. The number of anilines is 1. The molecular weight excluding hydrogens is 452 g/mol. The number of carboxylic acids is 1. The lowest BCUT2D eigenvalue weighted by Crippen LogP contribution is -2.56. The van der Waals surface area contributed by atoms with E-state index in [-0.39, 0.29) is 24.7 Å². The molecule has 0 amide bonds. The topological polar surface area (TPSA) is 74.7 Å². The van der Waals surface area contributed by atoms with Gasteiger partial charge in [0.25, 0.3) is 5.92 Å². The maximum atomic E-state index is 12.9. The number of alkyl halides is 2. The summed E-state index contributed by atoms with van der Waals surface area (Å²) in [4.78, 5) is 16.3. The van der Waals surface area contributed by atoms with Gasteiger partial charge in [0, 0.05) is 5.54 Å². The fourth-order valence-electron chi connectivity index (χ4n) is 3.79. The van der Waals surface area contributed by atoms with Crippen molar-refractivity contribution in [2.24, 2.45) is 5.92 Å². The molecule has 1 saturated heterocycles. The lowest BCUT2D eigenvalue weighted by molar-refractivity contribution is -0.0265. The van der Waals surface area contributed by atoms with Crippen LogP contribution >= 0.6 is 0 Å². The van der Waals surface area contributed by atoms with E-state index in [2.05, 4.69) is 38.0 Å². The van der Waals surface area contributed by atoms with Gasteiger partial charge in [0.1, 0.15) is 5.69 Å². The smallest absolute Gasteiger partial charge is 0.354 e. The molecule has 200 valence electrons. The SMILES string of the molecule is CCCCCCCCCCNC(C)(C)C.O=C(O)c1ccc(N2CC(F)(F)C2)c(OCC2CC2)n1. The highest BCUT2D eigenvalue weighted by Crippen LogP contribution is 2.37. The summed E-state index contributed by atoms with van der Waals surface area (Å²) in [6, 6.07) is 2.78. The van der Waals surface area contributed by atoms with Crippen molar-refractivity contribution in [3.63, 3.8) is 0 Å². The summed E-state index contributed by atoms with van der Waals surface area (Å²) < 4.78 is 31.4. The van der Waals surface area contributed by atoms with Gasteiger partial charge in [-0.15, -0.1) is 0 Å². The third-order valence-corrected chi connectivity index (χ3v) is 6.08. The van der Waals surface area contributed by atoms with Crippen molar-refractivity contribution in [1.82, 2.24) is 10.3 Å². The van der Waals surface area contributed by atoms with Gasteiger partial charge in [-0.2, -0.15) is 0 Å². The van der Waals surface area contributed by atoms with E-state index in [1.54, 1.807) is 0 Å². The zero-order valence-electron chi connectivity index (χ0n) is 22.0. The number of nitrogens with zero attached hydrogens (tertiary/aromatic N) is 2. The Hall–Kier alpha value is -1.96. The lowest BCUT2D eigenvalue weighted by atomic mass is 10.1. The molecule has 2 N–H and O–H groups in total. The molecule has 2 aliphatic rings. The third-order valence-electron chi connectivity index (χ3n) is 6.08. The molecule has 0 spiro atoms. The van der Waals surface area contributed by atoms with E-state index in [0.717, 1.165) is 12.8 Å². The largest absolute Gasteiger partial charge is 0.477 e. The van der Waals surface area contributed by atoms with E-state index in [9.17, 15) is 13.6 Å². The first kappa shape index (κ1) is 29.3. The molecule has 35 heavy (non-hydrogen) atoms. The highest BCUT2D eigenvalue weighted by atomic mass is 19.3. The van der Waals surface area contributed by atoms with E-state index in [4.69, 9.17) is 9.84 Å². The quantitative estimate of drug-likeness (QED) is 0.284. The molecule has 1 aromatic rings. The van der Waals surface area contributed by atoms with Gasteiger partial charge in [-0.05, 0) is 64.6 Å². The third kappa shape index (κ3) is 12.0. The van der Waals surface area contributed by atoms with Crippen molar-refractivity contribution in [1.29, 1.82) is 0 Å². The van der Waals surface area contributed by atoms with Crippen LogP contribution in [-0.4, -0.2) is 53.8 Å². The second-order valence-electron chi connectivity index (χ2n) is 10.9. The van der Waals surface area contributed by atoms with Gasteiger partial charge >= 0.3 is 5.97 Å². The normalized spacial score (nSPS) is 16.8. The van der Waals surface area contributed by atoms with Gasteiger partial charge in [-0.25, -0.2) is 18.6 Å². The molecule has 1 aromatic heterocycles.